The first kappa shape index (κ1) is 16.4. The van der Waals surface area contributed by atoms with Gasteiger partial charge in [0.05, 0.1) is 7.11 Å². The number of nitrogens with one attached hydrogen (secondary N) is 2. The molecule has 0 radical (unpaired) electrons. The van der Waals surface area contributed by atoms with Gasteiger partial charge in [-0.05, 0) is 0 Å². The van der Waals surface area contributed by atoms with E-state index in [1.54, 1.807) is 19.0 Å². The van der Waals surface area contributed by atoms with Gasteiger partial charge >= 0.3 is 6.01 Å². The Hall–Kier alpha value is -2.98. The fourth-order valence-corrected chi connectivity index (χ4v) is 1.99. The Bertz CT molecular complexity index is 662. The molecule has 1 aromatic rings. The molecule has 2 rings (SSSR count). The molecule has 124 valence electrons. The first-order chi connectivity index (χ1) is 10.8. The average Bonchev–Trinajstić information content (AvgIpc) is 2.77. The van der Waals surface area contributed by atoms with Crippen LogP contribution < -0.4 is 19.9 Å². The third-order valence-corrected chi connectivity index (χ3v) is 3.25. The largest absolute Gasteiger partial charge is 0.467 e. The molecular formula is C12H18N8O3. The molecule has 1 atom stereocenters. The molecule has 1 aliphatic heterocycles. The number of ether oxygens (including phenoxy) is 1. The van der Waals surface area contributed by atoms with Gasteiger partial charge in [-0.3, -0.25) is 24.8 Å². The van der Waals surface area contributed by atoms with Crippen LogP contribution in [0.2, 0.25) is 0 Å². The highest BCUT2D eigenvalue weighted by Crippen LogP contribution is 2.24. The molecule has 0 aromatic carbocycles. The molecule has 1 saturated heterocycles. The summed E-state index contributed by atoms with van der Waals surface area (Å²) in [5, 5.41) is 10.5. The SMILES string of the molecule is CNC(=O)[C@@H]1C(=O)N(C)C(=N)N1c1nc(OC)nc(N(C)C)n1. The second-order valence-electron chi connectivity index (χ2n) is 4.92. The van der Waals surface area contributed by atoms with Crippen LogP contribution in [0.1, 0.15) is 0 Å². The summed E-state index contributed by atoms with van der Waals surface area (Å²) >= 11 is 0. The number of carbonyl (C=O) groups excluding carboxylic acids is 2. The van der Waals surface area contributed by atoms with Crippen molar-refractivity contribution < 1.29 is 14.3 Å². The highest BCUT2D eigenvalue weighted by molar-refractivity contribution is 6.23. The van der Waals surface area contributed by atoms with Crippen molar-refractivity contribution in [1.82, 2.24) is 25.2 Å². The van der Waals surface area contributed by atoms with Crippen LogP contribution in [0.15, 0.2) is 0 Å². The maximum absolute atomic E-state index is 12.2. The molecule has 23 heavy (non-hydrogen) atoms. The molecule has 0 bridgehead atoms. The van der Waals surface area contributed by atoms with Crippen LogP contribution in [0.4, 0.5) is 11.9 Å². The Balaban J connectivity index is 2.57. The first-order valence-electron chi connectivity index (χ1n) is 6.66. The van der Waals surface area contributed by atoms with E-state index in [2.05, 4.69) is 20.3 Å². The van der Waals surface area contributed by atoms with Gasteiger partial charge in [0.15, 0.2) is 6.04 Å². The van der Waals surface area contributed by atoms with Crippen molar-refractivity contribution in [1.29, 1.82) is 5.41 Å². The maximum atomic E-state index is 12.2. The van der Waals surface area contributed by atoms with Crippen molar-refractivity contribution in [2.24, 2.45) is 0 Å². The van der Waals surface area contributed by atoms with E-state index < -0.39 is 17.9 Å². The summed E-state index contributed by atoms with van der Waals surface area (Å²) in [5.74, 6) is -1.05. The summed E-state index contributed by atoms with van der Waals surface area (Å²) in [6.07, 6.45) is 0. The predicted octanol–water partition coefficient (Wildman–Crippen LogP) is -1.73. The molecule has 0 unspecified atom stereocenters. The van der Waals surface area contributed by atoms with E-state index in [-0.39, 0.29) is 23.9 Å². The lowest BCUT2D eigenvalue weighted by Gasteiger charge is -2.21. The van der Waals surface area contributed by atoms with E-state index >= 15 is 0 Å². The Labute approximate surface area is 132 Å². The van der Waals surface area contributed by atoms with Gasteiger partial charge in [0, 0.05) is 28.2 Å². The fourth-order valence-electron chi connectivity index (χ4n) is 1.99. The van der Waals surface area contributed by atoms with E-state index in [1.807, 2.05) is 0 Å². The number of anilines is 2. The number of amides is 2. The summed E-state index contributed by atoms with van der Waals surface area (Å²) in [6, 6.07) is -1.23. The maximum Gasteiger partial charge on any atom is 0.322 e. The summed E-state index contributed by atoms with van der Waals surface area (Å²) in [5.41, 5.74) is 0. The van der Waals surface area contributed by atoms with Crippen LogP contribution in [0.5, 0.6) is 6.01 Å². The van der Waals surface area contributed by atoms with Crippen molar-refractivity contribution >= 4 is 29.7 Å². The smallest absolute Gasteiger partial charge is 0.322 e. The highest BCUT2D eigenvalue weighted by Gasteiger charge is 2.47. The van der Waals surface area contributed by atoms with Crippen LogP contribution in [0.3, 0.4) is 0 Å². The van der Waals surface area contributed by atoms with Crippen LogP contribution in [0.25, 0.3) is 0 Å². The number of nitrogens with zero attached hydrogens (tertiary/aromatic N) is 6. The molecule has 1 aromatic heterocycles. The van der Waals surface area contributed by atoms with Crippen LogP contribution in [0, 0.1) is 5.41 Å². The number of hydrogen-bond acceptors (Lipinski definition) is 8. The molecule has 1 aliphatic rings. The molecule has 2 amide bonds. The molecule has 2 heterocycles. The van der Waals surface area contributed by atoms with Crippen LogP contribution in [-0.4, -0.2) is 79.0 Å². The summed E-state index contributed by atoms with van der Waals surface area (Å²) in [7, 11) is 7.66. The zero-order valence-corrected chi connectivity index (χ0v) is 13.5. The number of hydrogen-bond donors (Lipinski definition) is 2. The average molecular weight is 322 g/mol. The van der Waals surface area contributed by atoms with E-state index in [0.717, 1.165) is 9.80 Å². The van der Waals surface area contributed by atoms with Gasteiger partial charge in [0.25, 0.3) is 11.8 Å². The van der Waals surface area contributed by atoms with Crippen LogP contribution in [-0.2, 0) is 9.59 Å². The molecule has 0 spiro atoms. The topological polar surface area (TPSA) is 128 Å². The number of methoxy groups -OCH3 is 1. The normalized spacial score (nSPS) is 17.5. The predicted molar refractivity (Wildman–Crippen MR) is 81.5 cm³/mol. The Kier molecular flexibility index (Phi) is 4.29. The van der Waals surface area contributed by atoms with Crippen molar-refractivity contribution in [3.8, 4) is 6.01 Å². The minimum atomic E-state index is -1.25. The molecule has 0 saturated carbocycles. The van der Waals surface area contributed by atoms with Crippen molar-refractivity contribution in [2.75, 3.05) is 45.1 Å². The standard InChI is InChI=1S/C12H18N8O3/c1-14-7(21)6-8(22)19(4)9(13)20(6)11-15-10(18(2)3)16-12(17-11)23-5/h6,13H,1-5H3,(H,14,21)/t6-/m1/s1. The monoisotopic (exact) mass is 322 g/mol. The minimum Gasteiger partial charge on any atom is -0.467 e. The number of aromatic nitrogens is 3. The third kappa shape index (κ3) is 2.72. The summed E-state index contributed by atoms with van der Waals surface area (Å²) in [4.78, 5) is 40.4. The Morgan fingerprint density at radius 1 is 1.35 bits per heavy atom. The number of carbonyl (C=O) groups is 2. The molecule has 1 fully saturated rings. The zero-order valence-electron chi connectivity index (χ0n) is 13.5. The lowest BCUT2D eigenvalue weighted by Crippen LogP contribution is -2.47. The highest BCUT2D eigenvalue weighted by atomic mass is 16.5. The Morgan fingerprint density at radius 2 is 2.00 bits per heavy atom. The second-order valence-corrected chi connectivity index (χ2v) is 4.92. The number of guanidine groups is 1. The lowest BCUT2D eigenvalue weighted by atomic mass is 10.2. The Morgan fingerprint density at radius 3 is 2.52 bits per heavy atom. The zero-order chi connectivity index (χ0) is 17.3. The van der Waals surface area contributed by atoms with E-state index in [1.165, 1.54) is 21.2 Å². The summed E-state index contributed by atoms with van der Waals surface area (Å²) < 4.78 is 5.03. The lowest BCUT2D eigenvalue weighted by molar-refractivity contribution is -0.132. The number of likely N-dealkylation sites (N-methyl/N-ethyl adjacent to an activating group) is 2. The molecule has 11 heteroatoms. The van der Waals surface area contributed by atoms with Gasteiger partial charge < -0.3 is 15.0 Å². The van der Waals surface area contributed by atoms with E-state index in [4.69, 9.17) is 10.1 Å². The van der Waals surface area contributed by atoms with Gasteiger partial charge in [0.2, 0.25) is 17.9 Å². The molecule has 0 aliphatic carbocycles. The fraction of sp³-hybridized carbons (Fsp3) is 0.500. The van der Waals surface area contributed by atoms with Gasteiger partial charge in [0.1, 0.15) is 0 Å². The van der Waals surface area contributed by atoms with E-state index in [0.29, 0.717) is 0 Å². The summed E-state index contributed by atoms with van der Waals surface area (Å²) in [6.45, 7) is 0. The molecular weight excluding hydrogens is 304 g/mol. The van der Waals surface area contributed by atoms with Crippen molar-refractivity contribution in [3.63, 3.8) is 0 Å². The first-order valence-corrected chi connectivity index (χ1v) is 6.66. The molecule has 11 nitrogen and oxygen atoms in total. The van der Waals surface area contributed by atoms with Crippen LogP contribution >= 0.6 is 0 Å². The van der Waals surface area contributed by atoms with Gasteiger partial charge in [-0.15, -0.1) is 0 Å². The van der Waals surface area contributed by atoms with Gasteiger partial charge in [-0.1, -0.05) is 0 Å². The van der Waals surface area contributed by atoms with Crippen molar-refractivity contribution in [3.05, 3.63) is 0 Å². The molecule has 2 N–H and O–H groups in total. The van der Waals surface area contributed by atoms with Gasteiger partial charge in [-0.25, -0.2) is 0 Å². The second kappa shape index (κ2) is 6.02. The van der Waals surface area contributed by atoms with E-state index in [9.17, 15) is 9.59 Å². The van der Waals surface area contributed by atoms with Gasteiger partial charge in [-0.2, -0.15) is 15.0 Å². The number of rotatable bonds is 4. The van der Waals surface area contributed by atoms with Crippen molar-refractivity contribution in [2.45, 2.75) is 6.04 Å². The minimum absolute atomic E-state index is 0.0168. The quantitative estimate of drug-likeness (QED) is 0.626. The third-order valence-electron chi connectivity index (χ3n) is 3.25.